The number of rotatable bonds is 7. The molecule has 0 unspecified atom stereocenters. The van der Waals surface area contributed by atoms with E-state index in [2.05, 4.69) is 15.3 Å². The number of hydrogen-bond donors (Lipinski definition) is 2. The van der Waals surface area contributed by atoms with Gasteiger partial charge in [0.1, 0.15) is 6.33 Å². The Hall–Kier alpha value is -1.23. The van der Waals surface area contributed by atoms with Gasteiger partial charge in [0.2, 0.25) is 0 Å². The van der Waals surface area contributed by atoms with Gasteiger partial charge in [-0.1, -0.05) is 6.92 Å². The number of unbranched alkanes of at least 4 members (excludes halogenated alkanes) is 2. The molecular formula is C11H18FN3O. The van der Waals surface area contributed by atoms with Gasteiger partial charge in [0.05, 0.1) is 5.69 Å². The van der Waals surface area contributed by atoms with E-state index < -0.39 is 0 Å². The summed E-state index contributed by atoms with van der Waals surface area (Å²) in [7, 11) is 0. The molecule has 0 aliphatic carbocycles. The SMILES string of the molecule is CCc1ncnc(NCCCCCO)c1F. The molecule has 1 aromatic rings. The fraction of sp³-hybridized carbons (Fsp3) is 0.636. The highest BCUT2D eigenvalue weighted by molar-refractivity contribution is 5.36. The molecule has 90 valence electrons. The van der Waals surface area contributed by atoms with Crippen LogP contribution in [0.25, 0.3) is 0 Å². The highest BCUT2D eigenvalue weighted by Gasteiger charge is 2.08. The molecule has 0 bridgehead atoms. The van der Waals surface area contributed by atoms with Gasteiger partial charge in [0, 0.05) is 13.2 Å². The number of nitrogens with zero attached hydrogens (tertiary/aromatic N) is 2. The molecule has 0 fully saturated rings. The molecule has 0 atom stereocenters. The normalized spacial score (nSPS) is 10.4. The first-order valence-electron chi connectivity index (χ1n) is 5.63. The molecule has 0 spiro atoms. The van der Waals surface area contributed by atoms with E-state index in [0.717, 1.165) is 19.3 Å². The van der Waals surface area contributed by atoms with Crippen LogP contribution in [0.1, 0.15) is 31.9 Å². The number of aromatic nitrogens is 2. The smallest absolute Gasteiger partial charge is 0.186 e. The number of aliphatic hydroxyl groups is 1. The Morgan fingerprint density at radius 2 is 2.12 bits per heavy atom. The lowest BCUT2D eigenvalue weighted by Gasteiger charge is -2.07. The Bertz CT molecular complexity index is 320. The van der Waals surface area contributed by atoms with Crippen LogP contribution in [0, 0.1) is 5.82 Å². The minimum Gasteiger partial charge on any atom is -0.396 e. The van der Waals surface area contributed by atoms with Crippen molar-refractivity contribution in [2.45, 2.75) is 32.6 Å². The summed E-state index contributed by atoms with van der Waals surface area (Å²) in [4.78, 5) is 7.71. The third-order valence-electron chi connectivity index (χ3n) is 2.32. The van der Waals surface area contributed by atoms with Crippen molar-refractivity contribution in [3.63, 3.8) is 0 Å². The lowest BCUT2D eigenvalue weighted by atomic mass is 10.2. The molecule has 0 aromatic carbocycles. The summed E-state index contributed by atoms with van der Waals surface area (Å²) >= 11 is 0. The molecule has 0 radical (unpaired) electrons. The fourth-order valence-corrected chi connectivity index (χ4v) is 1.40. The van der Waals surface area contributed by atoms with Gasteiger partial charge in [-0.3, -0.25) is 0 Å². The molecule has 2 N–H and O–H groups in total. The maximum absolute atomic E-state index is 13.6. The van der Waals surface area contributed by atoms with Crippen molar-refractivity contribution in [3.8, 4) is 0 Å². The minimum absolute atomic E-state index is 0.210. The molecule has 16 heavy (non-hydrogen) atoms. The second-order valence-corrected chi connectivity index (χ2v) is 3.55. The fourth-order valence-electron chi connectivity index (χ4n) is 1.40. The van der Waals surface area contributed by atoms with E-state index in [1.165, 1.54) is 6.33 Å². The average Bonchev–Trinajstić information content (AvgIpc) is 2.31. The van der Waals surface area contributed by atoms with Crippen molar-refractivity contribution in [2.75, 3.05) is 18.5 Å². The molecule has 1 aromatic heterocycles. The van der Waals surface area contributed by atoms with Crippen LogP contribution in [-0.2, 0) is 6.42 Å². The molecular weight excluding hydrogens is 209 g/mol. The Labute approximate surface area is 94.9 Å². The monoisotopic (exact) mass is 227 g/mol. The van der Waals surface area contributed by atoms with Crippen LogP contribution in [-0.4, -0.2) is 28.2 Å². The van der Waals surface area contributed by atoms with E-state index in [0.29, 0.717) is 18.7 Å². The summed E-state index contributed by atoms with van der Waals surface area (Å²) in [6, 6.07) is 0. The van der Waals surface area contributed by atoms with E-state index in [-0.39, 0.29) is 18.2 Å². The highest BCUT2D eigenvalue weighted by Crippen LogP contribution is 2.13. The number of aryl methyl sites for hydroxylation is 1. The lowest BCUT2D eigenvalue weighted by Crippen LogP contribution is -2.08. The first-order chi connectivity index (χ1) is 7.79. The van der Waals surface area contributed by atoms with E-state index in [9.17, 15) is 4.39 Å². The quantitative estimate of drug-likeness (QED) is 0.697. The van der Waals surface area contributed by atoms with Crippen LogP contribution in [0.2, 0.25) is 0 Å². The molecule has 4 nitrogen and oxygen atoms in total. The number of aliphatic hydroxyl groups excluding tert-OH is 1. The van der Waals surface area contributed by atoms with Crippen molar-refractivity contribution < 1.29 is 9.50 Å². The van der Waals surface area contributed by atoms with E-state index in [1.807, 2.05) is 6.92 Å². The molecule has 0 saturated carbocycles. The number of hydrogen-bond acceptors (Lipinski definition) is 4. The van der Waals surface area contributed by atoms with Gasteiger partial charge in [-0.05, 0) is 25.7 Å². The first kappa shape index (κ1) is 12.8. The molecule has 1 heterocycles. The zero-order valence-electron chi connectivity index (χ0n) is 9.54. The molecule has 0 aliphatic rings. The highest BCUT2D eigenvalue weighted by atomic mass is 19.1. The Kier molecular flexibility index (Phi) is 5.71. The molecule has 0 aliphatic heterocycles. The molecule has 0 amide bonds. The van der Waals surface area contributed by atoms with Crippen LogP contribution >= 0.6 is 0 Å². The lowest BCUT2D eigenvalue weighted by molar-refractivity contribution is 0.283. The van der Waals surface area contributed by atoms with Crippen LogP contribution in [0.4, 0.5) is 10.2 Å². The number of nitrogens with one attached hydrogen (secondary N) is 1. The third kappa shape index (κ3) is 3.73. The maximum Gasteiger partial charge on any atom is 0.186 e. The van der Waals surface area contributed by atoms with Gasteiger partial charge in [-0.2, -0.15) is 0 Å². The van der Waals surface area contributed by atoms with Crippen LogP contribution in [0.3, 0.4) is 0 Å². The summed E-state index contributed by atoms with van der Waals surface area (Å²) in [6.07, 6.45) is 4.54. The zero-order chi connectivity index (χ0) is 11.8. The van der Waals surface area contributed by atoms with Crippen molar-refractivity contribution >= 4 is 5.82 Å². The van der Waals surface area contributed by atoms with Crippen molar-refractivity contribution in [1.29, 1.82) is 0 Å². The Morgan fingerprint density at radius 3 is 2.81 bits per heavy atom. The summed E-state index contributed by atoms with van der Waals surface area (Å²) in [5.41, 5.74) is 0.438. The van der Waals surface area contributed by atoms with Gasteiger partial charge < -0.3 is 10.4 Å². The van der Waals surface area contributed by atoms with E-state index in [4.69, 9.17) is 5.11 Å². The molecule has 5 heteroatoms. The predicted octanol–water partition coefficient (Wildman–Crippen LogP) is 1.75. The van der Waals surface area contributed by atoms with Gasteiger partial charge >= 0.3 is 0 Å². The summed E-state index contributed by atoms with van der Waals surface area (Å²) < 4.78 is 13.6. The Balaban J connectivity index is 2.41. The second-order valence-electron chi connectivity index (χ2n) is 3.55. The second kappa shape index (κ2) is 7.11. The van der Waals surface area contributed by atoms with Crippen molar-refractivity contribution in [2.24, 2.45) is 0 Å². The van der Waals surface area contributed by atoms with Gasteiger partial charge in [-0.25, -0.2) is 14.4 Å². The van der Waals surface area contributed by atoms with Crippen molar-refractivity contribution in [3.05, 3.63) is 17.8 Å². The summed E-state index contributed by atoms with van der Waals surface area (Å²) in [5.74, 6) is -0.0805. The predicted molar refractivity (Wildman–Crippen MR) is 60.8 cm³/mol. The largest absolute Gasteiger partial charge is 0.396 e. The van der Waals surface area contributed by atoms with Crippen LogP contribution in [0.15, 0.2) is 6.33 Å². The number of anilines is 1. The van der Waals surface area contributed by atoms with E-state index in [1.54, 1.807) is 0 Å². The minimum atomic E-state index is -0.354. The standard InChI is InChI=1S/C11H18FN3O/c1-2-9-10(12)11(15-8-14-9)13-6-4-3-5-7-16/h8,16H,2-7H2,1H3,(H,13,14,15). The summed E-state index contributed by atoms with van der Waals surface area (Å²) in [5, 5.41) is 11.5. The molecule has 1 rings (SSSR count). The van der Waals surface area contributed by atoms with Gasteiger partial charge in [0.25, 0.3) is 0 Å². The van der Waals surface area contributed by atoms with Crippen molar-refractivity contribution in [1.82, 2.24) is 9.97 Å². The average molecular weight is 227 g/mol. The first-order valence-corrected chi connectivity index (χ1v) is 5.63. The zero-order valence-corrected chi connectivity index (χ0v) is 9.54. The van der Waals surface area contributed by atoms with Crippen LogP contribution < -0.4 is 5.32 Å². The topological polar surface area (TPSA) is 58.0 Å². The Morgan fingerprint density at radius 1 is 1.31 bits per heavy atom. The molecule has 0 saturated heterocycles. The number of halogens is 1. The third-order valence-corrected chi connectivity index (χ3v) is 2.32. The maximum atomic E-state index is 13.6. The van der Waals surface area contributed by atoms with E-state index >= 15 is 0 Å². The van der Waals surface area contributed by atoms with Gasteiger partial charge in [-0.15, -0.1) is 0 Å². The summed E-state index contributed by atoms with van der Waals surface area (Å²) in [6.45, 7) is 2.73. The van der Waals surface area contributed by atoms with Crippen LogP contribution in [0.5, 0.6) is 0 Å². The van der Waals surface area contributed by atoms with Gasteiger partial charge in [0.15, 0.2) is 11.6 Å².